The van der Waals surface area contributed by atoms with E-state index in [0.717, 1.165) is 11.3 Å². The normalized spacial score (nSPS) is 20.7. The van der Waals surface area contributed by atoms with Gasteiger partial charge < -0.3 is 10.4 Å². The largest absolute Gasteiger partial charge is 0.481 e. The van der Waals surface area contributed by atoms with E-state index in [1.807, 2.05) is 12.1 Å². The molecule has 0 spiro atoms. The van der Waals surface area contributed by atoms with Gasteiger partial charge in [0.05, 0.1) is 11.8 Å². The van der Waals surface area contributed by atoms with Gasteiger partial charge in [-0.2, -0.15) is 0 Å². The van der Waals surface area contributed by atoms with Gasteiger partial charge in [-0.3, -0.25) is 9.59 Å². The first kappa shape index (κ1) is 15.5. The predicted molar refractivity (Wildman–Crippen MR) is 82.5 cm³/mol. The van der Waals surface area contributed by atoms with Crippen LogP contribution >= 0.6 is 0 Å². The van der Waals surface area contributed by atoms with Crippen molar-refractivity contribution in [3.8, 4) is 0 Å². The number of aliphatic carboxylic acids is 1. The maximum Gasteiger partial charge on any atom is 0.307 e. The van der Waals surface area contributed by atoms with Gasteiger partial charge >= 0.3 is 5.97 Å². The summed E-state index contributed by atoms with van der Waals surface area (Å²) in [5.74, 6) is -1.22. The van der Waals surface area contributed by atoms with Gasteiger partial charge in [0.1, 0.15) is 0 Å². The summed E-state index contributed by atoms with van der Waals surface area (Å²) in [5.41, 5.74) is 3.14. The molecule has 1 aromatic rings. The Morgan fingerprint density at radius 2 is 1.81 bits per heavy atom. The molecule has 114 valence electrons. The SMILES string of the molecule is CC(C)c1ccc(NC(=O)C2CC2C(=O)O)c(C(C)C)c1. The molecule has 1 aromatic carbocycles. The van der Waals surface area contributed by atoms with Crippen LogP contribution in [0.15, 0.2) is 18.2 Å². The van der Waals surface area contributed by atoms with Gasteiger partial charge in [0, 0.05) is 5.69 Å². The number of anilines is 1. The Bertz CT molecular complexity index is 563. The molecule has 0 bridgehead atoms. The predicted octanol–water partition coefficient (Wildman–Crippen LogP) is 3.59. The van der Waals surface area contributed by atoms with Crippen molar-refractivity contribution in [3.63, 3.8) is 0 Å². The highest BCUT2D eigenvalue weighted by atomic mass is 16.4. The highest BCUT2D eigenvalue weighted by Crippen LogP contribution is 2.40. The third-order valence-corrected chi connectivity index (χ3v) is 4.07. The average molecular weight is 289 g/mol. The number of hydrogen-bond acceptors (Lipinski definition) is 2. The third-order valence-electron chi connectivity index (χ3n) is 4.07. The minimum Gasteiger partial charge on any atom is -0.481 e. The van der Waals surface area contributed by atoms with Gasteiger partial charge in [-0.05, 0) is 35.4 Å². The van der Waals surface area contributed by atoms with Crippen LogP contribution in [0.25, 0.3) is 0 Å². The molecule has 1 fully saturated rings. The van der Waals surface area contributed by atoms with Crippen LogP contribution in [-0.2, 0) is 9.59 Å². The van der Waals surface area contributed by atoms with Crippen LogP contribution in [0.2, 0.25) is 0 Å². The number of carboxylic acid groups (broad SMARTS) is 1. The Labute approximate surface area is 125 Å². The van der Waals surface area contributed by atoms with Crippen LogP contribution in [0.4, 0.5) is 5.69 Å². The van der Waals surface area contributed by atoms with Gasteiger partial charge in [0.2, 0.25) is 5.91 Å². The molecule has 2 atom stereocenters. The summed E-state index contributed by atoms with van der Waals surface area (Å²) >= 11 is 0. The minimum absolute atomic E-state index is 0.179. The molecule has 0 aromatic heterocycles. The Morgan fingerprint density at radius 3 is 2.29 bits per heavy atom. The lowest BCUT2D eigenvalue weighted by Gasteiger charge is -2.17. The van der Waals surface area contributed by atoms with Gasteiger partial charge in [0.15, 0.2) is 0 Å². The van der Waals surface area contributed by atoms with E-state index in [-0.39, 0.29) is 11.8 Å². The molecule has 4 nitrogen and oxygen atoms in total. The summed E-state index contributed by atoms with van der Waals surface area (Å²) in [6.07, 6.45) is 0.447. The van der Waals surface area contributed by atoms with E-state index in [2.05, 4.69) is 39.1 Å². The van der Waals surface area contributed by atoms with Crippen molar-refractivity contribution in [2.24, 2.45) is 11.8 Å². The first-order valence-electron chi connectivity index (χ1n) is 7.48. The van der Waals surface area contributed by atoms with Crippen LogP contribution in [0.1, 0.15) is 57.1 Å². The topological polar surface area (TPSA) is 66.4 Å². The van der Waals surface area contributed by atoms with Crippen LogP contribution in [0.5, 0.6) is 0 Å². The number of carbonyl (C=O) groups excluding carboxylic acids is 1. The fourth-order valence-corrected chi connectivity index (χ4v) is 2.51. The lowest BCUT2D eigenvalue weighted by Crippen LogP contribution is -2.18. The molecule has 2 N–H and O–H groups in total. The average Bonchev–Trinajstić information content (AvgIpc) is 3.18. The third kappa shape index (κ3) is 3.43. The van der Waals surface area contributed by atoms with Gasteiger partial charge in [-0.1, -0.05) is 39.8 Å². The summed E-state index contributed by atoms with van der Waals surface area (Å²) in [7, 11) is 0. The second kappa shape index (κ2) is 5.88. The van der Waals surface area contributed by atoms with E-state index >= 15 is 0 Å². The van der Waals surface area contributed by atoms with Crippen LogP contribution in [-0.4, -0.2) is 17.0 Å². The summed E-state index contributed by atoms with van der Waals surface area (Å²) in [6.45, 7) is 8.46. The Balaban J connectivity index is 2.16. The van der Waals surface area contributed by atoms with Crippen molar-refractivity contribution in [1.29, 1.82) is 0 Å². The van der Waals surface area contributed by atoms with Crippen molar-refractivity contribution in [1.82, 2.24) is 0 Å². The molecule has 0 saturated heterocycles. The summed E-state index contributed by atoms with van der Waals surface area (Å²) in [4.78, 5) is 23.0. The zero-order valence-electron chi connectivity index (χ0n) is 13.0. The van der Waals surface area contributed by atoms with E-state index in [9.17, 15) is 9.59 Å². The molecular formula is C17H23NO3. The quantitative estimate of drug-likeness (QED) is 0.870. The molecular weight excluding hydrogens is 266 g/mol. The van der Waals surface area contributed by atoms with Crippen molar-refractivity contribution in [2.75, 3.05) is 5.32 Å². The minimum atomic E-state index is -0.880. The van der Waals surface area contributed by atoms with Gasteiger partial charge in [0.25, 0.3) is 0 Å². The summed E-state index contributed by atoms with van der Waals surface area (Å²) < 4.78 is 0. The lowest BCUT2D eigenvalue weighted by molar-refractivity contribution is -0.139. The standard InChI is InChI=1S/C17H23NO3/c1-9(2)11-5-6-15(12(7-11)10(3)4)18-16(19)13-8-14(13)17(20)21/h5-7,9-10,13-14H,8H2,1-4H3,(H,18,19)(H,20,21). The van der Waals surface area contributed by atoms with E-state index in [0.29, 0.717) is 18.3 Å². The second-order valence-electron chi connectivity index (χ2n) is 6.43. The summed E-state index contributed by atoms with van der Waals surface area (Å²) in [5, 5.41) is 11.8. The molecule has 1 amide bonds. The molecule has 2 unspecified atom stereocenters. The smallest absolute Gasteiger partial charge is 0.307 e. The number of carbonyl (C=O) groups is 2. The molecule has 1 saturated carbocycles. The van der Waals surface area contributed by atoms with Crippen molar-refractivity contribution in [2.45, 2.75) is 46.0 Å². The van der Waals surface area contributed by atoms with E-state index in [1.165, 1.54) is 5.56 Å². The molecule has 0 aliphatic heterocycles. The summed E-state index contributed by atoms with van der Waals surface area (Å²) in [6, 6.07) is 6.08. The lowest BCUT2D eigenvalue weighted by atomic mass is 9.94. The first-order valence-corrected chi connectivity index (χ1v) is 7.48. The Morgan fingerprint density at radius 1 is 1.14 bits per heavy atom. The second-order valence-corrected chi connectivity index (χ2v) is 6.43. The molecule has 0 heterocycles. The van der Waals surface area contributed by atoms with Gasteiger partial charge in [-0.25, -0.2) is 0 Å². The monoisotopic (exact) mass is 289 g/mol. The van der Waals surface area contributed by atoms with E-state index in [1.54, 1.807) is 0 Å². The maximum absolute atomic E-state index is 12.1. The zero-order chi connectivity index (χ0) is 15.7. The molecule has 1 aliphatic carbocycles. The van der Waals surface area contributed by atoms with E-state index < -0.39 is 11.9 Å². The van der Waals surface area contributed by atoms with Crippen LogP contribution in [0.3, 0.4) is 0 Å². The van der Waals surface area contributed by atoms with E-state index in [4.69, 9.17) is 5.11 Å². The van der Waals surface area contributed by atoms with Crippen molar-refractivity contribution < 1.29 is 14.7 Å². The molecule has 1 aliphatic rings. The molecule has 21 heavy (non-hydrogen) atoms. The molecule has 0 radical (unpaired) electrons. The highest BCUT2D eigenvalue weighted by molar-refractivity contribution is 5.98. The number of benzene rings is 1. The Kier molecular flexibility index (Phi) is 4.35. The van der Waals surface area contributed by atoms with Crippen molar-refractivity contribution in [3.05, 3.63) is 29.3 Å². The maximum atomic E-state index is 12.1. The van der Waals surface area contributed by atoms with Crippen LogP contribution in [0, 0.1) is 11.8 Å². The van der Waals surface area contributed by atoms with Crippen molar-refractivity contribution >= 4 is 17.6 Å². The molecule has 2 rings (SSSR count). The first-order chi connectivity index (χ1) is 9.81. The fraction of sp³-hybridized carbons (Fsp3) is 0.529. The highest BCUT2D eigenvalue weighted by Gasteiger charge is 2.48. The number of rotatable bonds is 5. The van der Waals surface area contributed by atoms with Gasteiger partial charge in [-0.15, -0.1) is 0 Å². The fourth-order valence-electron chi connectivity index (χ4n) is 2.51. The molecule has 4 heteroatoms. The van der Waals surface area contributed by atoms with Crippen LogP contribution < -0.4 is 5.32 Å². The number of hydrogen-bond donors (Lipinski definition) is 2. The number of amides is 1. The Hall–Kier alpha value is -1.84. The zero-order valence-corrected chi connectivity index (χ0v) is 13.0. The number of nitrogens with one attached hydrogen (secondary N) is 1. The number of carboxylic acids is 1.